The number of aromatic nitrogens is 1. The van der Waals surface area contributed by atoms with Crippen molar-refractivity contribution in [2.45, 2.75) is 20.0 Å². The lowest BCUT2D eigenvalue weighted by molar-refractivity contribution is 0.121. The zero-order valence-electron chi connectivity index (χ0n) is 13.7. The van der Waals surface area contributed by atoms with Crippen LogP contribution in [0.5, 0.6) is 0 Å². The van der Waals surface area contributed by atoms with Crippen LogP contribution in [0.15, 0.2) is 29.6 Å². The van der Waals surface area contributed by atoms with Crippen molar-refractivity contribution in [2.24, 2.45) is 0 Å². The first-order chi connectivity index (χ1) is 10.2. The lowest BCUT2D eigenvalue weighted by atomic mass is 10.1. The summed E-state index contributed by atoms with van der Waals surface area (Å²) in [5.41, 5.74) is 9.21. The molecular formula is C16H25Cl3N4S. The Balaban J connectivity index is 0.00000176. The largest absolute Gasteiger partial charge is 0.399 e. The smallest absolute Gasteiger partial charge is 0.0897 e. The summed E-state index contributed by atoms with van der Waals surface area (Å²) in [6.07, 6.45) is 0. The number of nitrogen functional groups attached to an aromatic ring is 1. The van der Waals surface area contributed by atoms with Crippen LogP contribution < -0.4 is 5.73 Å². The number of halogens is 3. The summed E-state index contributed by atoms with van der Waals surface area (Å²) in [6, 6.07) is 8.20. The second-order valence-corrected chi connectivity index (χ2v) is 6.72. The topological polar surface area (TPSA) is 45.4 Å². The first kappa shape index (κ1) is 23.4. The van der Waals surface area contributed by atoms with Crippen molar-refractivity contribution in [1.29, 1.82) is 0 Å². The van der Waals surface area contributed by atoms with E-state index in [0.29, 0.717) is 0 Å². The van der Waals surface area contributed by atoms with Gasteiger partial charge in [-0.05, 0) is 24.6 Å². The van der Waals surface area contributed by atoms with Crippen molar-refractivity contribution in [3.05, 3.63) is 45.9 Å². The molecule has 3 rings (SSSR count). The predicted molar refractivity (Wildman–Crippen MR) is 110 cm³/mol. The number of hydrogen-bond donors (Lipinski definition) is 1. The van der Waals surface area contributed by atoms with E-state index in [4.69, 9.17) is 5.73 Å². The van der Waals surface area contributed by atoms with Gasteiger partial charge in [0.2, 0.25) is 0 Å². The molecule has 1 aliphatic heterocycles. The van der Waals surface area contributed by atoms with Crippen LogP contribution in [0.4, 0.5) is 5.69 Å². The third kappa shape index (κ3) is 6.75. The molecular weight excluding hydrogens is 387 g/mol. The molecule has 1 aromatic carbocycles. The van der Waals surface area contributed by atoms with Gasteiger partial charge in [0.1, 0.15) is 0 Å². The molecule has 2 heterocycles. The van der Waals surface area contributed by atoms with E-state index >= 15 is 0 Å². The normalized spacial score (nSPS) is 15.0. The maximum absolute atomic E-state index is 5.84. The van der Waals surface area contributed by atoms with Crippen LogP contribution in [0.3, 0.4) is 0 Å². The van der Waals surface area contributed by atoms with Crippen molar-refractivity contribution in [3.63, 3.8) is 0 Å². The molecule has 1 aromatic heterocycles. The molecule has 0 radical (unpaired) electrons. The highest BCUT2D eigenvalue weighted by molar-refractivity contribution is 7.09. The van der Waals surface area contributed by atoms with Gasteiger partial charge in [0.15, 0.2) is 0 Å². The van der Waals surface area contributed by atoms with E-state index in [-0.39, 0.29) is 37.2 Å². The van der Waals surface area contributed by atoms with Gasteiger partial charge < -0.3 is 5.73 Å². The van der Waals surface area contributed by atoms with Gasteiger partial charge in [-0.2, -0.15) is 0 Å². The van der Waals surface area contributed by atoms with Gasteiger partial charge >= 0.3 is 0 Å². The fraction of sp³-hybridized carbons (Fsp3) is 0.438. The van der Waals surface area contributed by atoms with Crippen LogP contribution >= 0.6 is 48.6 Å². The Morgan fingerprint density at radius 1 is 1.04 bits per heavy atom. The highest BCUT2D eigenvalue weighted by Gasteiger charge is 2.17. The first-order valence-electron chi connectivity index (χ1n) is 7.39. The van der Waals surface area contributed by atoms with Gasteiger partial charge in [-0.3, -0.25) is 9.80 Å². The lowest BCUT2D eigenvalue weighted by Crippen LogP contribution is -2.45. The van der Waals surface area contributed by atoms with E-state index in [1.165, 1.54) is 11.3 Å². The molecule has 0 unspecified atom stereocenters. The minimum absolute atomic E-state index is 0. The molecule has 0 spiro atoms. The summed E-state index contributed by atoms with van der Waals surface area (Å²) < 4.78 is 0. The first-order valence-corrected chi connectivity index (χ1v) is 8.27. The number of nitrogens with zero attached hydrogens (tertiary/aromatic N) is 3. The summed E-state index contributed by atoms with van der Waals surface area (Å²) in [5.74, 6) is 0. The molecule has 4 nitrogen and oxygen atoms in total. The van der Waals surface area contributed by atoms with Gasteiger partial charge in [0.25, 0.3) is 0 Å². The predicted octanol–water partition coefficient (Wildman–Crippen LogP) is 3.62. The molecule has 1 fully saturated rings. The van der Waals surface area contributed by atoms with Crippen LogP contribution in [-0.2, 0) is 13.1 Å². The maximum atomic E-state index is 5.84. The van der Waals surface area contributed by atoms with Crippen molar-refractivity contribution in [3.8, 4) is 0 Å². The third-order valence-electron chi connectivity index (χ3n) is 3.87. The van der Waals surface area contributed by atoms with Gasteiger partial charge in [0, 0.05) is 50.3 Å². The fourth-order valence-corrected chi connectivity index (χ4v) is 3.37. The van der Waals surface area contributed by atoms with E-state index in [1.807, 2.05) is 12.1 Å². The molecule has 24 heavy (non-hydrogen) atoms. The Bertz CT molecular complexity index is 601. The van der Waals surface area contributed by atoms with E-state index < -0.39 is 0 Å². The van der Waals surface area contributed by atoms with Crippen LogP contribution in [0.2, 0.25) is 0 Å². The number of aryl methyl sites for hydroxylation is 1. The average molecular weight is 412 g/mol. The Hall–Kier alpha value is -0.560. The summed E-state index contributed by atoms with van der Waals surface area (Å²) in [6.45, 7) is 8.48. The van der Waals surface area contributed by atoms with Crippen LogP contribution in [-0.4, -0.2) is 41.0 Å². The van der Waals surface area contributed by atoms with Crippen LogP contribution in [0, 0.1) is 6.92 Å². The molecule has 0 bridgehead atoms. The van der Waals surface area contributed by atoms with Crippen LogP contribution in [0.25, 0.3) is 0 Å². The molecule has 136 valence electrons. The number of nitrogens with two attached hydrogens (primary N) is 1. The third-order valence-corrected chi connectivity index (χ3v) is 4.70. The minimum Gasteiger partial charge on any atom is -0.399 e. The molecule has 0 saturated carbocycles. The van der Waals surface area contributed by atoms with Crippen molar-refractivity contribution >= 4 is 54.2 Å². The van der Waals surface area contributed by atoms with Gasteiger partial charge in [-0.15, -0.1) is 48.6 Å². The van der Waals surface area contributed by atoms with Crippen molar-refractivity contribution in [2.75, 3.05) is 31.9 Å². The Kier molecular flexibility index (Phi) is 10.9. The molecule has 8 heteroatoms. The van der Waals surface area contributed by atoms with Gasteiger partial charge in [-0.25, -0.2) is 4.98 Å². The van der Waals surface area contributed by atoms with Crippen molar-refractivity contribution < 1.29 is 0 Å². The zero-order valence-corrected chi connectivity index (χ0v) is 16.9. The average Bonchev–Trinajstić information content (AvgIpc) is 2.86. The number of thiazole rings is 1. The number of piperazine rings is 1. The summed E-state index contributed by atoms with van der Waals surface area (Å²) in [5, 5.41) is 3.33. The summed E-state index contributed by atoms with van der Waals surface area (Å²) in [7, 11) is 0. The molecule has 0 atom stereocenters. The Morgan fingerprint density at radius 2 is 1.67 bits per heavy atom. The van der Waals surface area contributed by atoms with E-state index in [9.17, 15) is 0 Å². The van der Waals surface area contributed by atoms with Gasteiger partial charge in [-0.1, -0.05) is 12.1 Å². The number of benzene rings is 1. The minimum atomic E-state index is 0. The quantitative estimate of drug-likeness (QED) is 0.781. The summed E-state index contributed by atoms with van der Waals surface area (Å²) >= 11 is 1.74. The lowest BCUT2D eigenvalue weighted by Gasteiger charge is -2.34. The van der Waals surface area contributed by atoms with Gasteiger partial charge in [0.05, 0.1) is 10.7 Å². The molecule has 1 saturated heterocycles. The molecule has 1 aliphatic rings. The maximum Gasteiger partial charge on any atom is 0.0897 e. The Morgan fingerprint density at radius 3 is 2.21 bits per heavy atom. The SMILES string of the molecule is Cc1nc(CN2CCN(Cc3cccc(N)c3)CC2)cs1.Cl.Cl.Cl. The van der Waals surface area contributed by atoms with Crippen molar-refractivity contribution in [1.82, 2.24) is 14.8 Å². The second-order valence-electron chi connectivity index (χ2n) is 5.66. The molecule has 2 N–H and O–H groups in total. The monoisotopic (exact) mass is 410 g/mol. The molecule has 0 aliphatic carbocycles. The summed E-state index contributed by atoms with van der Waals surface area (Å²) in [4.78, 5) is 9.54. The number of anilines is 1. The molecule has 2 aromatic rings. The Labute approximate surface area is 166 Å². The van der Waals surface area contributed by atoms with Crippen LogP contribution in [0.1, 0.15) is 16.3 Å². The standard InChI is InChI=1S/C16H22N4S.3ClH/c1-13-18-16(12-21-13)11-20-7-5-19(6-8-20)10-14-3-2-4-15(17)9-14;;;/h2-4,9,12H,5-8,10-11,17H2,1H3;3*1H. The highest BCUT2D eigenvalue weighted by atomic mass is 35.5. The van der Waals surface area contributed by atoms with E-state index in [1.54, 1.807) is 11.3 Å². The second kappa shape index (κ2) is 11.1. The number of rotatable bonds is 4. The fourth-order valence-electron chi connectivity index (χ4n) is 2.77. The zero-order chi connectivity index (χ0) is 14.7. The highest BCUT2D eigenvalue weighted by Crippen LogP contribution is 2.14. The van der Waals surface area contributed by atoms with E-state index in [2.05, 4.69) is 39.2 Å². The number of hydrogen-bond acceptors (Lipinski definition) is 5. The molecule has 0 amide bonds. The van der Waals surface area contributed by atoms with E-state index in [0.717, 1.165) is 50.0 Å².